The summed E-state index contributed by atoms with van der Waals surface area (Å²) in [5.41, 5.74) is 14.1. The summed E-state index contributed by atoms with van der Waals surface area (Å²) in [4.78, 5) is 0. The number of benzene rings is 4. The van der Waals surface area contributed by atoms with Crippen molar-refractivity contribution in [3.63, 3.8) is 0 Å². The molecular formula is C41H44Cl2Zr-2. The van der Waals surface area contributed by atoms with Crippen molar-refractivity contribution in [1.82, 2.24) is 0 Å². The van der Waals surface area contributed by atoms with E-state index in [0.29, 0.717) is 0 Å². The first-order valence-corrected chi connectivity index (χ1v) is 16.2. The van der Waals surface area contributed by atoms with Crippen LogP contribution in [0.1, 0.15) is 86.1 Å². The molecule has 0 aliphatic heterocycles. The van der Waals surface area contributed by atoms with Crippen LogP contribution in [-0.2, 0) is 41.5 Å². The Morgan fingerprint density at radius 3 is 1.59 bits per heavy atom. The Bertz CT molecular complexity index is 1510. The Hall–Kier alpha value is -2.44. The molecule has 228 valence electrons. The van der Waals surface area contributed by atoms with Gasteiger partial charge in [0.25, 0.3) is 0 Å². The zero-order valence-corrected chi connectivity index (χ0v) is 31.3. The molecule has 0 bridgehead atoms. The van der Waals surface area contributed by atoms with E-state index in [1.54, 1.807) is 0 Å². The standard InChI is InChI=1S/C21H25.C13H10.C7H9.2ClH.Zr/c1-20(2,3)16-7-9-18-14(12-16)11-15-13-17(21(4,5)6)8-10-19(15)18;1-3-7-12(8-4-1)11-13-9-5-2-6-10-13;1-6-4-3-5-7(6)2;;;/h7-10,12H,11H2,1-6H3;1-10H;3-5H,1-2H3;2*1H;/q-1;;-1;;;+2/p-2. The average Bonchev–Trinajstić information content (AvgIpc) is 3.54. The second-order valence-electron chi connectivity index (χ2n) is 13.3. The van der Waals surface area contributed by atoms with Gasteiger partial charge < -0.3 is 24.8 Å². The van der Waals surface area contributed by atoms with Gasteiger partial charge in [0, 0.05) is 0 Å². The van der Waals surface area contributed by atoms with Crippen molar-refractivity contribution in [3.05, 3.63) is 160 Å². The Morgan fingerprint density at radius 2 is 1.16 bits per heavy atom. The number of halogens is 2. The molecule has 5 aromatic rings. The topological polar surface area (TPSA) is 0 Å². The third-order valence-corrected chi connectivity index (χ3v) is 9.32. The molecule has 0 nitrogen and oxygen atoms in total. The maximum atomic E-state index is 3.67. The van der Waals surface area contributed by atoms with E-state index >= 15 is 0 Å². The van der Waals surface area contributed by atoms with Crippen molar-refractivity contribution in [2.45, 2.75) is 72.6 Å². The van der Waals surface area contributed by atoms with Gasteiger partial charge in [0.2, 0.25) is 0 Å². The van der Waals surface area contributed by atoms with Gasteiger partial charge >= 0.3 is 99.2 Å². The van der Waals surface area contributed by atoms with E-state index < -0.39 is 0 Å². The van der Waals surface area contributed by atoms with Crippen molar-refractivity contribution >= 4 is 3.21 Å². The van der Waals surface area contributed by atoms with Gasteiger partial charge in [-0.25, -0.2) is 0 Å². The fraction of sp³-hybridized carbons (Fsp3) is 0.268. The summed E-state index contributed by atoms with van der Waals surface area (Å²) < 4.78 is 1.42. The molecule has 0 radical (unpaired) electrons. The normalized spacial score (nSPS) is 11.3. The molecule has 0 aromatic heterocycles. The molecule has 0 saturated heterocycles. The second-order valence-corrected chi connectivity index (χ2v) is 14.5. The first kappa shape index (κ1) is 37.7. The molecule has 0 heterocycles. The van der Waals surface area contributed by atoms with Crippen LogP contribution in [0.3, 0.4) is 0 Å². The number of rotatable bonds is 2. The van der Waals surface area contributed by atoms with Gasteiger partial charge in [-0.2, -0.15) is 53.1 Å². The first-order chi connectivity index (χ1) is 19.8. The Kier molecular flexibility index (Phi) is 13.9. The predicted molar refractivity (Wildman–Crippen MR) is 179 cm³/mol. The zero-order chi connectivity index (χ0) is 30.5. The van der Waals surface area contributed by atoms with Crippen LogP contribution in [0.2, 0.25) is 0 Å². The van der Waals surface area contributed by atoms with Crippen molar-refractivity contribution < 1.29 is 49.0 Å². The van der Waals surface area contributed by atoms with Crippen molar-refractivity contribution in [2.75, 3.05) is 0 Å². The summed E-state index contributed by atoms with van der Waals surface area (Å²) in [5, 5.41) is 0. The SMILES string of the molecule is CC(C)(C)c1[c-]c2c(cc1)-c1ccc(C(C)(C)C)cc1C2.Cc1c[cH-]cc1C.[Cl-].[Cl-].[Zr+2]=[C](c1ccccc1)c1ccccc1. The Balaban J connectivity index is 0.000000253. The number of aryl methyl sites for hydroxylation is 2. The van der Waals surface area contributed by atoms with Crippen molar-refractivity contribution in [2.24, 2.45) is 0 Å². The molecule has 5 aromatic carbocycles. The van der Waals surface area contributed by atoms with Gasteiger partial charge in [0.15, 0.2) is 0 Å². The molecule has 0 amide bonds. The van der Waals surface area contributed by atoms with Crippen LogP contribution in [-0.4, -0.2) is 3.21 Å². The maximum absolute atomic E-state index is 3.67. The van der Waals surface area contributed by atoms with Gasteiger partial charge in [-0.05, 0) is 28.4 Å². The molecule has 3 heteroatoms. The fourth-order valence-electron chi connectivity index (χ4n) is 5.00. The minimum atomic E-state index is 0. The van der Waals surface area contributed by atoms with Crippen molar-refractivity contribution in [1.29, 1.82) is 0 Å². The summed E-state index contributed by atoms with van der Waals surface area (Å²) in [6.45, 7) is 17.8. The fourth-order valence-corrected chi connectivity index (χ4v) is 5.82. The molecule has 0 N–H and O–H groups in total. The second kappa shape index (κ2) is 16.2. The van der Waals surface area contributed by atoms with Gasteiger partial charge in [-0.3, -0.25) is 0 Å². The molecular weight excluding hydrogens is 655 g/mol. The molecule has 0 saturated carbocycles. The van der Waals surface area contributed by atoms with E-state index in [4.69, 9.17) is 0 Å². The van der Waals surface area contributed by atoms with Crippen LogP contribution >= 0.6 is 0 Å². The summed E-state index contributed by atoms with van der Waals surface area (Å²) >= 11 is 1.46. The third-order valence-electron chi connectivity index (χ3n) is 7.90. The molecule has 44 heavy (non-hydrogen) atoms. The summed E-state index contributed by atoms with van der Waals surface area (Å²) in [6.07, 6.45) is 1.03. The van der Waals surface area contributed by atoms with Crippen LogP contribution in [0.4, 0.5) is 0 Å². The molecule has 0 spiro atoms. The van der Waals surface area contributed by atoms with E-state index in [-0.39, 0.29) is 35.6 Å². The van der Waals surface area contributed by atoms with Gasteiger partial charge in [0.05, 0.1) is 0 Å². The van der Waals surface area contributed by atoms with Gasteiger partial charge in [-0.15, -0.1) is 11.1 Å². The van der Waals surface area contributed by atoms with E-state index in [1.165, 1.54) is 83.1 Å². The quantitative estimate of drug-likeness (QED) is 0.234. The van der Waals surface area contributed by atoms with Gasteiger partial charge in [-0.1, -0.05) is 79.2 Å². The molecule has 1 aliphatic carbocycles. The van der Waals surface area contributed by atoms with Crippen LogP contribution in [0.25, 0.3) is 11.1 Å². The number of hydrogen-bond donors (Lipinski definition) is 0. The Morgan fingerprint density at radius 1 is 0.659 bits per heavy atom. The monoisotopic (exact) mass is 696 g/mol. The van der Waals surface area contributed by atoms with E-state index in [2.05, 4.69) is 171 Å². The molecule has 0 unspecified atom stereocenters. The molecule has 6 rings (SSSR count). The summed E-state index contributed by atoms with van der Waals surface area (Å²) in [6, 6.07) is 42.6. The predicted octanol–water partition coefficient (Wildman–Crippen LogP) is 4.49. The summed E-state index contributed by atoms with van der Waals surface area (Å²) in [5.74, 6) is 0. The van der Waals surface area contributed by atoms with E-state index in [9.17, 15) is 0 Å². The average molecular weight is 699 g/mol. The van der Waals surface area contributed by atoms with E-state index in [0.717, 1.165) is 6.42 Å². The van der Waals surface area contributed by atoms with Crippen LogP contribution in [0.5, 0.6) is 0 Å². The third kappa shape index (κ3) is 9.78. The van der Waals surface area contributed by atoms with Crippen LogP contribution in [0, 0.1) is 19.9 Å². The van der Waals surface area contributed by atoms with E-state index in [1.807, 2.05) is 0 Å². The van der Waals surface area contributed by atoms with Crippen molar-refractivity contribution in [3.8, 4) is 11.1 Å². The number of hydrogen-bond acceptors (Lipinski definition) is 0. The Labute approximate surface area is 293 Å². The molecule has 0 fully saturated rings. The van der Waals surface area contributed by atoms with Crippen LogP contribution in [0.15, 0.2) is 109 Å². The zero-order valence-electron chi connectivity index (χ0n) is 27.4. The summed E-state index contributed by atoms with van der Waals surface area (Å²) in [7, 11) is 0. The first-order valence-electron chi connectivity index (χ1n) is 14.9. The number of fused-ring (bicyclic) bond motifs is 3. The van der Waals surface area contributed by atoms with Gasteiger partial charge in [0.1, 0.15) is 0 Å². The molecule has 0 atom stereocenters. The molecule has 1 aliphatic rings. The van der Waals surface area contributed by atoms with Crippen LogP contribution < -0.4 is 24.8 Å². The minimum absolute atomic E-state index is 0.